The predicted molar refractivity (Wildman–Crippen MR) is 95.1 cm³/mol. The summed E-state index contributed by atoms with van der Waals surface area (Å²) in [5, 5.41) is 0. The molecule has 0 aliphatic carbocycles. The van der Waals surface area contributed by atoms with Crippen LogP contribution in [0.5, 0.6) is 0 Å². The molecule has 9 heteroatoms. The van der Waals surface area contributed by atoms with E-state index in [0.717, 1.165) is 12.1 Å². The van der Waals surface area contributed by atoms with Crippen molar-refractivity contribution >= 4 is 36.2 Å². The zero-order chi connectivity index (χ0) is 19.2. The maximum atomic E-state index is 13.5. The molecule has 0 saturated carbocycles. The summed E-state index contributed by atoms with van der Waals surface area (Å²) < 4.78 is 88.9. The van der Waals surface area contributed by atoms with Gasteiger partial charge in [0.1, 0.15) is 0 Å². The van der Waals surface area contributed by atoms with Gasteiger partial charge in [0.05, 0.1) is 0 Å². The predicted octanol–water partition coefficient (Wildman–Crippen LogP) is 6.40. The molecular formula is C17H8BrF6IO. The van der Waals surface area contributed by atoms with Crippen LogP contribution in [0.25, 0.3) is 0 Å². The van der Waals surface area contributed by atoms with Gasteiger partial charge in [0.15, 0.2) is 0 Å². The van der Waals surface area contributed by atoms with Crippen LogP contribution < -0.4 is 0 Å². The van der Waals surface area contributed by atoms with Crippen LogP contribution in [0.3, 0.4) is 0 Å². The van der Waals surface area contributed by atoms with Crippen molar-refractivity contribution in [3.05, 3.63) is 67.7 Å². The first-order valence-corrected chi connectivity index (χ1v) is 10.8. The minimum atomic E-state index is -5.65. The molecule has 0 unspecified atom stereocenters. The van der Waals surface area contributed by atoms with Crippen molar-refractivity contribution in [2.75, 3.05) is 0 Å². The second-order valence-corrected chi connectivity index (χ2v) is 9.60. The van der Waals surface area contributed by atoms with E-state index < -0.39 is 43.8 Å². The average molecular weight is 549 g/mol. The van der Waals surface area contributed by atoms with E-state index in [1.165, 1.54) is 12.1 Å². The Morgan fingerprint density at radius 1 is 0.885 bits per heavy atom. The summed E-state index contributed by atoms with van der Waals surface area (Å²) in [6.07, 6.45) is -11.3. The fourth-order valence-electron chi connectivity index (χ4n) is 2.38. The van der Waals surface area contributed by atoms with E-state index in [-0.39, 0.29) is 3.57 Å². The topological polar surface area (TPSA) is 9.23 Å². The third-order valence-corrected chi connectivity index (χ3v) is 8.12. The average Bonchev–Trinajstić information content (AvgIpc) is 2.90. The van der Waals surface area contributed by atoms with E-state index >= 15 is 0 Å². The molecule has 0 spiro atoms. The molecular weight excluding hydrogens is 541 g/mol. The van der Waals surface area contributed by atoms with Gasteiger partial charge in [-0.1, -0.05) is 0 Å². The number of halogens is 8. The van der Waals surface area contributed by atoms with Gasteiger partial charge in [-0.25, -0.2) is 0 Å². The van der Waals surface area contributed by atoms with E-state index in [4.69, 9.17) is 3.07 Å². The van der Waals surface area contributed by atoms with Gasteiger partial charge in [-0.3, -0.25) is 0 Å². The summed E-state index contributed by atoms with van der Waals surface area (Å²) in [7, 11) is 0. The van der Waals surface area contributed by atoms with Gasteiger partial charge >= 0.3 is 161 Å². The normalized spacial score (nSPS) is 17.4. The Hall–Kier alpha value is -1.25. The van der Waals surface area contributed by atoms with Gasteiger partial charge < -0.3 is 0 Å². The Kier molecular flexibility index (Phi) is 5.05. The van der Waals surface area contributed by atoms with Gasteiger partial charge in [0.25, 0.3) is 0 Å². The van der Waals surface area contributed by atoms with E-state index in [2.05, 4.69) is 25.8 Å². The molecule has 0 bridgehead atoms. The molecule has 0 fully saturated rings. The second-order valence-electron chi connectivity index (χ2n) is 5.18. The van der Waals surface area contributed by atoms with Gasteiger partial charge in [0, 0.05) is 0 Å². The monoisotopic (exact) mass is 548 g/mol. The molecule has 2 aromatic carbocycles. The molecule has 0 radical (unpaired) electrons. The number of alkyl halides is 6. The van der Waals surface area contributed by atoms with Gasteiger partial charge in [-0.2, -0.15) is 0 Å². The van der Waals surface area contributed by atoms with Crippen LogP contribution in [-0.4, -0.2) is 12.4 Å². The van der Waals surface area contributed by atoms with E-state index in [9.17, 15) is 26.3 Å². The zero-order valence-corrected chi connectivity index (χ0v) is 16.3. The number of hydrogen-bond acceptors (Lipinski definition) is 1. The molecule has 0 atom stereocenters. The quantitative estimate of drug-likeness (QED) is 0.210. The van der Waals surface area contributed by atoms with Crippen LogP contribution in [0.15, 0.2) is 53.0 Å². The molecule has 1 nitrogen and oxygen atoms in total. The van der Waals surface area contributed by atoms with Crippen LogP contribution in [0.4, 0.5) is 26.3 Å². The summed E-state index contributed by atoms with van der Waals surface area (Å²) in [5.41, 5.74) is -4.78. The Morgan fingerprint density at radius 2 is 1.46 bits per heavy atom. The Bertz CT molecular complexity index is 882. The zero-order valence-electron chi connectivity index (χ0n) is 12.6. The van der Waals surface area contributed by atoms with Crippen LogP contribution in [0, 0.1) is 13.4 Å². The summed E-state index contributed by atoms with van der Waals surface area (Å²) in [4.78, 5) is 0. The first kappa shape index (κ1) is 19.5. The standard InChI is InChI=1S/C17H8BrF6IO/c18-13-7-3-1-5-11(13)9-10-25-14-8-4-2-6-12(14)15(26-25,16(19,20)21)17(22,23)24/h1-8H. The van der Waals surface area contributed by atoms with Crippen molar-refractivity contribution in [1.82, 2.24) is 0 Å². The summed E-state index contributed by atoms with van der Waals surface area (Å²) in [5.74, 6) is 2.65. The fraction of sp³-hybridized carbons (Fsp3) is 0.176. The maximum absolute atomic E-state index is 13.5. The summed E-state index contributed by atoms with van der Waals surface area (Å²) in [6, 6.07) is 11.2. The third-order valence-electron chi connectivity index (χ3n) is 3.57. The second kappa shape index (κ2) is 6.73. The van der Waals surface area contributed by atoms with Crippen molar-refractivity contribution in [1.29, 1.82) is 0 Å². The van der Waals surface area contributed by atoms with Crippen LogP contribution in [0.1, 0.15) is 11.1 Å². The van der Waals surface area contributed by atoms with Gasteiger partial charge in [-0.15, -0.1) is 0 Å². The first-order chi connectivity index (χ1) is 12.1. The SMILES string of the molecule is FC(F)(F)C1(C(F)(F)F)OI(C#Cc2ccccc2Br)c2ccccc21. The fourth-order valence-corrected chi connectivity index (χ4v) is 6.95. The third kappa shape index (κ3) is 3.12. The molecule has 138 valence electrons. The molecule has 0 amide bonds. The molecule has 2 aromatic rings. The van der Waals surface area contributed by atoms with Gasteiger partial charge in [-0.05, 0) is 0 Å². The molecule has 3 rings (SSSR count). The molecule has 26 heavy (non-hydrogen) atoms. The molecule has 1 heterocycles. The number of benzene rings is 2. The van der Waals surface area contributed by atoms with Crippen molar-refractivity contribution in [2.45, 2.75) is 18.0 Å². The Labute approximate surface area is 160 Å². The number of rotatable bonds is 0. The van der Waals surface area contributed by atoms with Crippen molar-refractivity contribution < 1.29 is 29.4 Å². The molecule has 0 N–H and O–H groups in total. The Morgan fingerprint density at radius 3 is 2.08 bits per heavy atom. The van der Waals surface area contributed by atoms with E-state index in [1.807, 2.05) is 0 Å². The van der Waals surface area contributed by atoms with E-state index in [1.54, 1.807) is 24.3 Å². The van der Waals surface area contributed by atoms with Gasteiger partial charge in [0.2, 0.25) is 0 Å². The van der Waals surface area contributed by atoms with Crippen LogP contribution >= 0.6 is 36.2 Å². The molecule has 1 aliphatic rings. The van der Waals surface area contributed by atoms with Crippen molar-refractivity contribution in [3.8, 4) is 9.85 Å². The number of hydrogen-bond donors (Lipinski definition) is 0. The molecule has 1 aliphatic heterocycles. The number of fused-ring (bicyclic) bond motifs is 1. The Balaban J connectivity index is 2.14. The minimum absolute atomic E-state index is 0.0918. The van der Waals surface area contributed by atoms with E-state index in [0.29, 0.717) is 10.0 Å². The summed E-state index contributed by atoms with van der Waals surface area (Å²) >= 11 is -0.289. The first-order valence-electron chi connectivity index (χ1n) is 6.96. The van der Waals surface area contributed by atoms with Crippen LogP contribution in [0.2, 0.25) is 0 Å². The van der Waals surface area contributed by atoms with Crippen LogP contribution in [-0.2, 0) is 8.67 Å². The molecule has 0 saturated heterocycles. The summed E-state index contributed by atoms with van der Waals surface area (Å²) in [6.45, 7) is 0. The van der Waals surface area contributed by atoms with Crippen molar-refractivity contribution in [2.24, 2.45) is 0 Å². The molecule has 0 aromatic heterocycles. The van der Waals surface area contributed by atoms with Crippen molar-refractivity contribution in [3.63, 3.8) is 0 Å².